The Bertz CT molecular complexity index is 1380. The summed E-state index contributed by atoms with van der Waals surface area (Å²) >= 11 is 0. The van der Waals surface area contributed by atoms with Crippen LogP contribution in [-0.4, -0.2) is 0 Å². The minimum atomic E-state index is 0. The summed E-state index contributed by atoms with van der Waals surface area (Å²) in [5.41, 5.74) is 13.4. The normalized spacial score (nSPS) is 10.4. The molecule has 0 saturated heterocycles. The van der Waals surface area contributed by atoms with Crippen molar-refractivity contribution >= 4 is 21.5 Å². The molecule has 0 atom stereocenters. The van der Waals surface area contributed by atoms with Gasteiger partial charge in [-0.1, -0.05) is 86.3 Å². The fourth-order valence-electron chi connectivity index (χ4n) is 5.58. The SMILES string of the molecule is Cc1cc(C)c(-c2ccc3[cH-]c4ccc(-c5c(C)cc(C)cc5C)cc4c3c2)c(C)c1.[CH2-]CCC.[CH2-]CCC.[Ti+3]. The second-order valence-corrected chi connectivity index (χ2v) is 11.0. The van der Waals surface area contributed by atoms with Gasteiger partial charge in [-0.15, -0.1) is 39.7 Å². The van der Waals surface area contributed by atoms with Crippen molar-refractivity contribution in [2.75, 3.05) is 0 Å². The van der Waals surface area contributed by atoms with Crippen LogP contribution in [0.5, 0.6) is 0 Å². The third-order valence-corrected chi connectivity index (χ3v) is 7.35. The molecule has 5 rings (SSSR count). The molecule has 5 aromatic carbocycles. The molecule has 5 aromatic rings. The number of unbranched alkanes of at least 4 members (excludes halogenated alkanes) is 2. The van der Waals surface area contributed by atoms with E-state index in [1.54, 1.807) is 0 Å². The number of benzene rings is 4. The minimum absolute atomic E-state index is 0. The Morgan fingerprint density at radius 2 is 0.825 bits per heavy atom. The van der Waals surface area contributed by atoms with Gasteiger partial charge in [-0.05, 0) is 86.1 Å². The number of fused-ring (bicyclic) bond motifs is 3. The van der Waals surface area contributed by atoms with E-state index < -0.39 is 0 Å². The van der Waals surface area contributed by atoms with Crippen molar-refractivity contribution in [3.63, 3.8) is 0 Å². The molecule has 0 aromatic heterocycles. The van der Waals surface area contributed by atoms with Gasteiger partial charge in [0.2, 0.25) is 0 Å². The molecule has 1 radical (unpaired) electrons. The van der Waals surface area contributed by atoms with Gasteiger partial charge in [0, 0.05) is 0 Å². The molecule has 0 saturated carbocycles. The molecule has 207 valence electrons. The van der Waals surface area contributed by atoms with Crippen LogP contribution in [0, 0.1) is 55.4 Å². The predicted octanol–water partition coefficient (Wildman–Crippen LogP) is 12.1. The van der Waals surface area contributed by atoms with Gasteiger partial charge in [-0.2, -0.15) is 12.8 Å². The van der Waals surface area contributed by atoms with Crippen molar-refractivity contribution in [1.82, 2.24) is 0 Å². The Morgan fingerprint density at radius 1 is 0.525 bits per heavy atom. The molecule has 0 unspecified atom stereocenters. The number of hydrogen-bond donors (Lipinski definition) is 0. The molecule has 40 heavy (non-hydrogen) atoms. The fraction of sp³-hybridized carbons (Fsp3) is 0.308. The van der Waals surface area contributed by atoms with Crippen molar-refractivity contribution in [3.8, 4) is 22.3 Å². The minimum Gasteiger partial charge on any atom is -0.343 e. The maximum Gasteiger partial charge on any atom is 3.00 e. The molecule has 0 amide bonds. The van der Waals surface area contributed by atoms with E-state index in [0.717, 1.165) is 12.8 Å². The first kappa shape index (κ1) is 33.7. The van der Waals surface area contributed by atoms with Crippen LogP contribution in [0.1, 0.15) is 72.9 Å². The Hall–Kier alpha value is -2.54. The van der Waals surface area contributed by atoms with E-state index in [1.807, 2.05) is 0 Å². The summed E-state index contributed by atoms with van der Waals surface area (Å²) in [5.74, 6) is 0. The average molecular weight is 564 g/mol. The maximum absolute atomic E-state index is 3.60. The van der Waals surface area contributed by atoms with Crippen molar-refractivity contribution in [2.24, 2.45) is 0 Å². The second kappa shape index (κ2) is 15.5. The van der Waals surface area contributed by atoms with Crippen molar-refractivity contribution in [1.29, 1.82) is 0 Å². The number of rotatable bonds is 4. The van der Waals surface area contributed by atoms with E-state index in [4.69, 9.17) is 0 Å². The Morgan fingerprint density at radius 3 is 1.10 bits per heavy atom. The molecular weight excluding hydrogens is 516 g/mol. The summed E-state index contributed by atoms with van der Waals surface area (Å²) in [5, 5.41) is 5.32. The van der Waals surface area contributed by atoms with Crippen LogP contribution >= 0.6 is 0 Å². The van der Waals surface area contributed by atoms with E-state index in [1.165, 1.54) is 90.0 Å². The van der Waals surface area contributed by atoms with E-state index >= 15 is 0 Å². The maximum atomic E-state index is 3.60. The summed E-state index contributed by atoms with van der Waals surface area (Å²) in [4.78, 5) is 0. The Kier molecular flexibility index (Phi) is 13.0. The van der Waals surface area contributed by atoms with E-state index in [9.17, 15) is 0 Å². The molecule has 0 bridgehead atoms. The summed E-state index contributed by atoms with van der Waals surface area (Å²) in [7, 11) is 0. The summed E-state index contributed by atoms with van der Waals surface area (Å²) in [6, 6.07) is 25.4. The smallest absolute Gasteiger partial charge is 0.343 e. The molecule has 0 aliphatic carbocycles. The van der Waals surface area contributed by atoms with Gasteiger partial charge in [0.05, 0.1) is 0 Å². The van der Waals surface area contributed by atoms with Crippen LogP contribution in [-0.2, 0) is 21.7 Å². The third-order valence-electron chi connectivity index (χ3n) is 7.35. The molecule has 0 N–H and O–H groups in total. The van der Waals surface area contributed by atoms with Crippen molar-refractivity contribution in [2.45, 2.75) is 81.1 Å². The van der Waals surface area contributed by atoms with Gasteiger partial charge in [-0.25, -0.2) is 0 Å². The monoisotopic (exact) mass is 563 g/mol. The van der Waals surface area contributed by atoms with Crippen molar-refractivity contribution in [3.05, 3.63) is 114 Å². The number of aryl methyl sites for hydroxylation is 6. The molecule has 0 nitrogen and oxygen atoms in total. The van der Waals surface area contributed by atoms with Crippen LogP contribution in [0.2, 0.25) is 0 Å². The zero-order chi connectivity index (χ0) is 28.7. The van der Waals surface area contributed by atoms with Crippen LogP contribution in [0.3, 0.4) is 0 Å². The molecule has 1 heteroatoms. The summed E-state index contributed by atoms with van der Waals surface area (Å²) in [6.45, 7) is 24.7. The first-order valence-corrected chi connectivity index (χ1v) is 14.5. The summed E-state index contributed by atoms with van der Waals surface area (Å²) in [6.07, 6.45) is 4.56. The van der Waals surface area contributed by atoms with Crippen molar-refractivity contribution < 1.29 is 21.7 Å². The molecule has 0 fully saturated rings. The van der Waals surface area contributed by atoms with Crippen LogP contribution in [0.15, 0.2) is 66.7 Å². The van der Waals surface area contributed by atoms with Gasteiger partial charge >= 0.3 is 21.7 Å². The van der Waals surface area contributed by atoms with Crippen LogP contribution < -0.4 is 0 Å². The van der Waals surface area contributed by atoms with Gasteiger partial charge in [-0.3, -0.25) is 0 Å². The van der Waals surface area contributed by atoms with E-state index in [0.29, 0.717) is 0 Å². The Balaban J connectivity index is 0.000000554. The number of hydrogen-bond acceptors (Lipinski definition) is 0. The van der Waals surface area contributed by atoms with E-state index in [2.05, 4.69) is 136 Å². The zero-order valence-corrected chi connectivity index (χ0v) is 27.7. The van der Waals surface area contributed by atoms with Crippen LogP contribution in [0.25, 0.3) is 43.8 Å². The predicted molar refractivity (Wildman–Crippen MR) is 177 cm³/mol. The molecule has 0 heterocycles. The first-order valence-electron chi connectivity index (χ1n) is 14.5. The second-order valence-electron chi connectivity index (χ2n) is 11.0. The topological polar surface area (TPSA) is 0 Å². The van der Waals surface area contributed by atoms with Gasteiger partial charge in [0.15, 0.2) is 0 Å². The average Bonchev–Trinajstić information content (AvgIpc) is 3.25. The molecule has 0 aliphatic rings. The van der Waals surface area contributed by atoms with Gasteiger partial charge < -0.3 is 13.8 Å². The molecule has 0 aliphatic heterocycles. The zero-order valence-electron chi connectivity index (χ0n) is 26.1. The molecular formula is C39H47Ti. The summed E-state index contributed by atoms with van der Waals surface area (Å²) < 4.78 is 0. The fourth-order valence-corrected chi connectivity index (χ4v) is 5.58. The first-order chi connectivity index (χ1) is 18.6. The standard InChI is InChI=1S/C31H29.2C4H9.Ti/c1-18-11-20(3)30(21(4)12-18)26-9-7-24-15-25-8-10-27(17-29(25)28(24)16-26)31-22(5)13-19(2)14-23(31)6;2*1-3-4-2;/h7-17H,1-6H3;2*1,3-4H2,2H3;/q3*-1;+3. The Labute approximate surface area is 259 Å². The third kappa shape index (κ3) is 7.81. The molecule has 0 spiro atoms. The van der Waals surface area contributed by atoms with E-state index in [-0.39, 0.29) is 21.7 Å². The quantitative estimate of drug-likeness (QED) is 0.151. The van der Waals surface area contributed by atoms with Gasteiger partial charge in [0.25, 0.3) is 0 Å². The van der Waals surface area contributed by atoms with Gasteiger partial charge in [0.1, 0.15) is 0 Å². The largest absolute Gasteiger partial charge is 3.00 e. The van der Waals surface area contributed by atoms with Crippen LogP contribution in [0.4, 0.5) is 0 Å².